The Hall–Kier alpha value is -1.49. The number of anilines is 1. The van der Waals surface area contributed by atoms with Gasteiger partial charge in [0, 0.05) is 24.2 Å². The quantitative estimate of drug-likeness (QED) is 0.885. The molecule has 0 bridgehead atoms. The summed E-state index contributed by atoms with van der Waals surface area (Å²) in [5, 5.41) is 5.90. The van der Waals surface area contributed by atoms with Crippen LogP contribution in [-0.4, -0.2) is 18.5 Å². The van der Waals surface area contributed by atoms with Gasteiger partial charge < -0.3 is 10.6 Å². The first-order valence-electron chi connectivity index (χ1n) is 6.54. The number of amides is 1. The number of hydrogen-bond acceptors (Lipinski definition) is 2. The Labute approximate surface area is 111 Å². The van der Waals surface area contributed by atoms with Crippen LogP contribution in [0.15, 0.2) is 18.2 Å². The number of piperidine rings is 1. The first-order valence-corrected chi connectivity index (χ1v) is 6.54. The third-order valence-electron chi connectivity index (χ3n) is 3.54. The Morgan fingerprint density at radius 3 is 2.89 bits per heavy atom. The molecule has 0 spiro atoms. The SMILES string of the molecule is CC1CCCNC1CC(=O)Nc1ccc(F)c(F)c1. The molecular formula is C14H18F2N2O. The fourth-order valence-electron chi connectivity index (χ4n) is 2.37. The third kappa shape index (κ3) is 3.73. The molecule has 1 heterocycles. The normalized spacial score (nSPS) is 23.1. The van der Waals surface area contributed by atoms with Crippen molar-refractivity contribution >= 4 is 11.6 Å². The van der Waals surface area contributed by atoms with Crippen molar-refractivity contribution in [1.29, 1.82) is 0 Å². The molecule has 2 unspecified atom stereocenters. The Morgan fingerprint density at radius 1 is 1.42 bits per heavy atom. The summed E-state index contributed by atoms with van der Waals surface area (Å²) in [6, 6.07) is 3.50. The summed E-state index contributed by atoms with van der Waals surface area (Å²) >= 11 is 0. The smallest absolute Gasteiger partial charge is 0.225 e. The summed E-state index contributed by atoms with van der Waals surface area (Å²) in [6.45, 7) is 3.04. The Kier molecular flexibility index (Phi) is 4.47. The van der Waals surface area contributed by atoms with E-state index in [1.54, 1.807) is 0 Å². The lowest BCUT2D eigenvalue weighted by molar-refractivity contribution is -0.117. The zero-order chi connectivity index (χ0) is 13.8. The van der Waals surface area contributed by atoms with Gasteiger partial charge in [0.1, 0.15) is 0 Å². The Morgan fingerprint density at radius 2 is 2.21 bits per heavy atom. The van der Waals surface area contributed by atoms with E-state index in [2.05, 4.69) is 17.6 Å². The molecule has 104 valence electrons. The Balaban J connectivity index is 1.91. The monoisotopic (exact) mass is 268 g/mol. The van der Waals surface area contributed by atoms with Crippen LogP contribution in [0.3, 0.4) is 0 Å². The lowest BCUT2D eigenvalue weighted by atomic mass is 9.90. The first-order chi connectivity index (χ1) is 9.06. The summed E-state index contributed by atoms with van der Waals surface area (Å²) < 4.78 is 25.8. The number of carbonyl (C=O) groups excluding carboxylic acids is 1. The molecule has 2 N–H and O–H groups in total. The predicted molar refractivity (Wildman–Crippen MR) is 69.8 cm³/mol. The number of carbonyl (C=O) groups is 1. The summed E-state index contributed by atoms with van der Waals surface area (Å²) in [7, 11) is 0. The highest BCUT2D eigenvalue weighted by atomic mass is 19.2. The zero-order valence-electron chi connectivity index (χ0n) is 10.9. The predicted octanol–water partition coefficient (Wildman–Crippen LogP) is 2.68. The van der Waals surface area contributed by atoms with Gasteiger partial charge in [-0.15, -0.1) is 0 Å². The minimum Gasteiger partial charge on any atom is -0.326 e. The highest BCUT2D eigenvalue weighted by Crippen LogP contribution is 2.19. The van der Waals surface area contributed by atoms with Crippen molar-refractivity contribution in [3.8, 4) is 0 Å². The molecule has 1 aromatic rings. The molecule has 2 atom stereocenters. The van der Waals surface area contributed by atoms with E-state index in [1.165, 1.54) is 6.07 Å². The van der Waals surface area contributed by atoms with E-state index in [9.17, 15) is 13.6 Å². The van der Waals surface area contributed by atoms with Gasteiger partial charge in [-0.2, -0.15) is 0 Å². The second-order valence-corrected chi connectivity index (χ2v) is 5.06. The summed E-state index contributed by atoms with van der Waals surface area (Å²) in [6.07, 6.45) is 2.58. The maximum Gasteiger partial charge on any atom is 0.225 e. The molecule has 19 heavy (non-hydrogen) atoms. The number of nitrogens with one attached hydrogen (secondary N) is 2. The van der Waals surface area contributed by atoms with Crippen LogP contribution in [0.1, 0.15) is 26.2 Å². The molecule has 1 aromatic carbocycles. The Bertz CT molecular complexity index is 465. The number of benzene rings is 1. The third-order valence-corrected chi connectivity index (χ3v) is 3.54. The molecule has 0 aromatic heterocycles. The lowest BCUT2D eigenvalue weighted by Gasteiger charge is -2.29. The largest absolute Gasteiger partial charge is 0.326 e. The average Bonchev–Trinajstić information content (AvgIpc) is 2.37. The zero-order valence-corrected chi connectivity index (χ0v) is 10.9. The minimum atomic E-state index is -0.957. The average molecular weight is 268 g/mol. The number of halogens is 2. The summed E-state index contributed by atoms with van der Waals surface area (Å²) in [5.41, 5.74) is 0.285. The van der Waals surface area contributed by atoms with Crippen molar-refractivity contribution < 1.29 is 13.6 Å². The fourth-order valence-corrected chi connectivity index (χ4v) is 2.37. The highest BCUT2D eigenvalue weighted by Gasteiger charge is 2.23. The number of rotatable bonds is 3. The topological polar surface area (TPSA) is 41.1 Å². The van der Waals surface area contributed by atoms with E-state index >= 15 is 0 Å². The molecule has 1 saturated heterocycles. The van der Waals surface area contributed by atoms with Crippen molar-refractivity contribution in [2.45, 2.75) is 32.2 Å². The molecule has 0 radical (unpaired) electrons. The fraction of sp³-hybridized carbons (Fsp3) is 0.500. The maximum atomic E-state index is 13.0. The van der Waals surface area contributed by atoms with Crippen LogP contribution >= 0.6 is 0 Å². The molecule has 1 aliphatic rings. The molecule has 1 aliphatic heterocycles. The van der Waals surface area contributed by atoms with Gasteiger partial charge in [-0.1, -0.05) is 6.92 Å². The van der Waals surface area contributed by atoms with Crippen LogP contribution in [0.5, 0.6) is 0 Å². The van der Waals surface area contributed by atoms with E-state index in [-0.39, 0.29) is 17.6 Å². The molecule has 1 amide bonds. The summed E-state index contributed by atoms with van der Waals surface area (Å²) in [4.78, 5) is 11.9. The number of hydrogen-bond donors (Lipinski definition) is 2. The van der Waals surface area contributed by atoms with Crippen molar-refractivity contribution in [3.63, 3.8) is 0 Å². The van der Waals surface area contributed by atoms with Gasteiger partial charge in [0.2, 0.25) is 5.91 Å². The standard InChI is InChI=1S/C14H18F2N2O/c1-9-3-2-6-17-13(9)8-14(19)18-10-4-5-11(15)12(16)7-10/h4-5,7,9,13,17H,2-3,6,8H2,1H3,(H,18,19). The van der Waals surface area contributed by atoms with Gasteiger partial charge in [-0.3, -0.25) is 4.79 Å². The van der Waals surface area contributed by atoms with Crippen LogP contribution in [0.4, 0.5) is 14.5 Å². The van der Waals surface area contributed by atoms with Crippen molar-refractivity contribution in [3.05, 3.63) is 29.8 Å². The highest BCUT2D eigenvalue weighted by molar-refractivity contribution is 5.91. The summed E-state index contributed by atoms with van der Waals surface area (Å²) in [5.74, 6) is -1.61. The van der Waals surface area contributed by atoms with Crippen LogP contribution < -0.4 is 10.6 Å². The van der Waals surface area contributed by atoms with E-state index in [1.807, 2.05) is 0 Å². The van der Waals surface area contributed by atoms with Gasteiger partial charge in [0.05, 0.1) is 0 Å². The van der Waals surface area contributed by atoms with E-state index < -0.39 is 11.6 Å². The van der Waals surface area contributed by atoms with Crippen LogP contribution in [0, 0.1) is 17.6 Å². The van der Waals surface area contributed by atoms with Gasteiger partial charge in [-0.05, 0) is 37.4 Å². The second kappa shape index (κ2) is 6.10. The van der Waals surface area contributed by atoms with Crippen LogP contribution in [0.2, 0.25) is 0 Å². The minimum absolute atomic E-state index is 0.152. The molecule has 3 nitrogen and oxygen atoms in total. The van der Waals surface area contributed by atoms with E-state index in [4.69, 9.17) is 0 Å². The van der Waals surface area contributed by atoms with Crippen molar-refractivity contribution in [2.75, 3.05) is 11.9 Å². The molecule has 2 rings (SSSR count). The van der Waals surface area contributed by atoms with E-state index in [0.29, 0.717) is 12.3 Å². The maximum absolute atomic E-state index is 13.0. The van der Waals surface area contributed by atoms with Crippen LogP contribution in [0.25, 0.3) is 0 Å². The second-order valence-electron chi connectivity index (χ2n) is 5.06. The lowest BCUT2D eigenvalue weighted by Crippen LogP contribution is -2.42. The molecule has 1 fully saturated rings. The van der Waals surface area contributed by atoms with E-state index in [0.717, 1.165) is 31.5 Å². The van der Waals surface area contributed by atoms with Gasteiger partial charge in [0.25, 0.3) is 0 Å². The van der Waals surface area contributed by atoms with Gasteiger partial charge in [0.15, 0.2) is 11.6 Å². The van der Waals surface area contributed by atoms with Crippen molar-refractivity contribution in [2.24, 2.45) is 5.92 Å². The molecule has 0 aliphatic carbocycles. The molecular weight excluding hydrogens is 250 g/mol. The van der Waals surface area contributed by atoms with Crippen LogP contribution in [-0.2, 0) is 4.79 Å². The molecule has 0 saturated carbocycles. The molecule has 5 heteroatoms. The first kappa shape index (κ1) is 13.9. The van der Waals surface area contributed by atoms with Gasteiger partial charge in [-0.25, -0.2) is 8.78 Å². The van der Waals surface area contributed by atoms with Gasteiger partial charge >= 0.3 is 0 Å². The van der Waals surface area contributed by atoms with Crippen molar-refractivity contribution in [1.82, 2.24) is 5.32 Å².